The monoisotopic (exact) mass is 230 g/mol. The van der Waals surface area contributed by atoms with E-state index < -0.39 is 0 Å². The van der Waals surface area contributed by atoms with Crippen LogP contribution in [0, 0.1) is 0 Å². The van der Waals surface area contributed by atoms with Crippen LogP contribution >= 0.6 is 0 Å². The summed E-state index contributed by atoms with van der Waals surface area (Å²) < 4.78 is 5.44. The van der Waals surface area contributed by atoms with E-state index in [1.165, 1.54) is 0 Å². The maximum atomic E-state index is 11.1. The summed E-state index contributed by atoms with van der Waals surface area (Å²) in [6, 6.07) is 0. The smallest absolute Gasteiger partial charge is 0.220 e. The summed E-state index contributed by atoms with van der Waals surface area (Å²) >= 11 is 0. The Bertz CT molecular complexity index is 170. The number of ether oxygens (including phenoxy) is 1. The molecule has 16 heavy (non-hydrogen) atoms. The molecule has 0 unspecified atom stereocenters. The van der Waals surface area contributed by atoms with Crippen LogP contribution in [-0.4, -0.2) is 50.2 Å². The molecule has 0 saturated heterocycles. The zero-order valence-electron chi connectivity index (χ0n) is 10.9. The Balaban J connectivity index is 3.24. The number of likely N-dealkylation sites (N-methyl/N-ethyl adjacent to an activating group) is 1. The fourth-order valence-electron chi connectivity index (χ4n) is 1.41. The summed E-state index contributed by atoms with van der Waals surface area (Å²) in [5.41, 5.74) is 0. The van der Waals surface area contributed by atoms with Gasteiger partial charge in [-0.1, -0.05) is 20.8 Å². The first kappa shape index (κ1) is 15.4. The molecule has 0 rings (SSSR count). The number of rotatable bonds is 10. The number of nitrogens with zero attached hydrogens (tertiary/aromatic N) is 1. The molecule has 96 valence electrons. The highest BCUT2D eigenvalue weighted by molar-refractivity contribution is 5.75. The van der Waals surface area contributed by atoms with Crippen LogP contribution in [0.15, 0.2) is 0 Å². The van der Waals surface area contributed by atoms with Crippen molar-refractivity contribution in [2.75, 3.05) is 39.4 Å². The van der Waals surface area contributed by atoms with E-state index in [-0.39, 0.29) is 5.91 Å². The average molecular weight is 230 g/mol. The molecule has 1 N–H and O–H groups in total. The van der Waals surface area contributed by atoms with Crippen molar-refractivity contribution in [2.24, 2.45) is 0 Å². The Morgan fingerprint density at radius 2 is 1.88 bits per heavy atom. The van der Waals surface area contributed by atoms with Crippen molar-refractivity contribution >= 4 is 5.91 Å². The van der Waals surface area contributed by atoms with Gasteiger partial charge in [0.1, 0.15) is 0 Å². The molecule has 0 aromatic heterocycles. The highest BCUT2D eigenvalue weighted by Crippen LogP contribution is 1.87. The van der Waals surface area contributed by atoms with Gasteiger partial charge in [0.15, 0.2) is 0 Å². The highest BCUT2D eigenvalue weighted by atomic mass is 16.5. The largest absolute Gasteiger partial charge is 0.378 e. The van der Waals surface area contributed by atoms with E-state index in [2.05, 4.69) is 24.1 Å². The molecule has 0 aliphatic rings. The van der Waals surface area contributed by atoms with Gasteiger partial charge in [-0.3, -0.25) is 4.79 Å². The predicted molar refractivity (Wildman–Crippen MR) is 66.5 cm³/mol. The van der Waals surface area contributed by atoms with Crippen LogP contribution in [-0.2, 0) is 9.53 Å². The Labute approximate surface area is 99.3 Å². The molecule has 0 fully saturated rings. The first-order valence-corrected chi connectivity index (χ1v) is 6.31. The Morgan fingerprint density at radius 1 is 1.19 bits per heavy atom. The van der Waals surface area contributed by atoms with E-state index in [0.29, 0.717) is 19.6 Å². The Kier molecular flexibility index (Phi) is 10.5. The first-order valence-electron chi connectivity index (χ1n) is 6.31. The van der Waals surface area contributed by atoms with Gasteiger partial charge in [0.05, 0.1) is 13.2 Å². The molecule has 4 nitrogen and oxygen atoms in total. The van der Waals surface area contributed by atoms with E-state index in [9.17, 15) is 4.79 Å². The van der Waals surface area contributed by atoms with Crippen LogP contribution in [0.1, 0.15) is 33.6 Å². The van der Waals surface area contributed by atoms with Crippen LogP contribution in [0.5, 0.6) is 0 Å². The molecule has 0 aromatic rings. The number of amides is 1. The normalized spacial score (nSPS) is 10.8. The van der Waals surface area contributed by atoms with Crippen molar-refractivity contribution in [2.45, 2.75) is 33.6 Å². The fraction of sp³-hybridized carbons (Fsp3) is 0.917. The summed E-state index contributed by atoms with van der Waals surface area (Å²) in [6.45, 7) is 11.4. The molecule has 0 radical (unpaired) electrons. The number of carbonyl (C=O) groups is 1. The molecular weight excluding hydrogens is 204 g/mol. The minimum absolute atomic E-state index is 0.120. The first-order chi connectivity index (χ1) is 7.74. The SMILES string of the molecule is CCCC(=O)NCCOCCN(CC)CC. The van der Waals surface area contributed by atoms with E-state index in [1.807, 2.05) is 6.92 Å². The minimum Gasteiger partial charge on any atom is -0.378 e. The quantitative estimate of drug-likeness (QED) is 0.575. The van der Waals surface area contributed by atoms with Crippen molar-refractivity contribution in [1.82, 2.24) is 10.2 Å². The van der Waals surface area contributed by atoms with Crippen LogP contribution in [0.25, 0.3) is 0 Å². The van der Waals surface area contributed by atoms with E-state index in [4.69, 9.17) is 4.74 Å². The van der Waals surface area contributed by atoms with Gasteiger partial charge in [-0.05, 0) is 19.5 Å². The van der Waals surface area contributed by atoms with Crippen LogP contribution in [0.4, 0.5) is 0 Å². The molecule has 0 bridgehead atoms. The molecular formula is C12H26N2O2. The van der Waals surface area contributed by atoms with E-state index in [0.717, 1.165) is 32.7 Å². The summed E-state index contributed by atoms with van der Waals surface area (Å²) in [6.07, 6.45) is 1.51. The lowest BCUT2D eigenvalue weighted by Crippen LogP contribution is -2.30. The third-order valence-electron chi connectivity index (χ3n) is 2.49. The summed E-state index contributed by atoms with van der Waals surface area (Å²) in [4.78, 5) is 13.4. The topological polar surface area (TPSA) is 41.6 Å². The molecule has 0 spiro atoms. The lowest BCUT2D eigenvalue weighted by atomic mass is 10.3. The summed E-state index contributed by atoms with van der Waals surface area (Å²) in [5.74, 6) is 0.120. The minimum atomic E-state index is 0.120. The fourth-order valence-corrected chi connectivity index (χ4v) is 1.41. The number of hydrogen-bond acceptors (Lipinski definition) is 3. The van der Waals surface area contributed by atoms with Gasteiger partial charge < -0.3 is 15.0 Å². The molecule has 0 saturated carbocycles. The molecule has 0 atom stereocenters. The van der Waals surface area contributed by atoms with E-state index >= 15 is 0 Å². The van der Waals surface area contributed by atoms with Crippen molar-refractivity contribution in [3.63, 3.8) is 0 Å². The summed E-state index contributed by atoms with van der Waals surface area (Å²) in [5, 5.41) is 2.82. The summed E-state index contributed by atoms with van der Waals surface area (Å²) in [7, 11) is 0. The van der Waals surface area contributed by atoms with Gasteiger partial charge in [0.25, 0.3) is 0 Å². The van der Waals surface area contributed by atoms with Gasteiger partial charge in [0, 0.05) is 19.5 Å². The zero-order chi connectivity index (χ0) is 12.2. The average Bonchev–Trinajstić information content (AvgIpc) is 2.29. The maximum Gasteiger partial charge on any atom is 0.220 e. The standard InChI is InChI=1S/C12H26N2O2/c1-4-7-12(15)13-8-10-16-11-9-14(5-2)6-3/h4-11H2,1-3H3,(H,13,15). The predicted octanol–water partition coefficient (Wildman–Crippen LogP) is 1.26. The maximum absolute atomic E-state index is 11.1. The number of nitrogens with one attached hydrogen (secondary N) is 1. The van der Waals surface area contributed by atoms with Gasteiger partial charge in [-0.25, -0.2) is 0 Å². The zero-order valence-corrected chi connectivity index (χ0v) is 10.9. The molecule has 1 amide bonds. The second kappa shape index (κ2) is 10.9. The lowest BCUT2D eigenvalue weighted by Gasteiger charge is -2.17. The molecule has 0 aliphatic carbocycles. The molecule has 4 heteroatoms. The lowest BCUT2D eigenvalue weighted by molar-refractivity contribution is -0.121. The van der Waals surface area contributed by atoms with E-state index in [1.54, 1.807) is 0 Å². The van der Waals surface area contributed by atoms with Crippen molar-refractivity contribution in [3.05, 3.63) is 0 Å². The van der Waals surface area contributed by atoms with Crippen molar-refractivity contribution in [3.8, 4) is 0 Å². The number of hydrogen-bond donors (Lipinski definition) is 1. The van der Waals surface area contributed by atoms with Crippen LogP contribution in [0.3, 0.4) is 0 Å². The Hall–Kier alpha value is -0.610. The number of carbonyl (C=O) groups excluding carboxylic acids is 1. The Morgan fingerprint density at radius 3 is 2.44 bits per heavy atom. The van der Waals surface area contributed by atoms with Crippen LogP contribution < -0.4 is 5.32 Å². The highest BCUT2D eigenvalue weighted by Gasteiger charge is 1.99. The molecule has 0 aliphatic heterocycles. The van der Waals surface area contributed by atoms with Gasteiger partial charge in [-0.2, -0.15) is 0 Å². The molecule has 0 aromatic carbocycles. The van der Waals surface area contributed by atoms with Gasteiger partial charge in [-0.15, -0.1) is 0 Å². The van der Waals surface area contributed by atoms with Crippen molar-refractivity contribution < 1.29 is 9.53 Å². The third-order valence-corrected chi connectivity index (χ3v) is 2.49. The van der Waals surface area contributed by atoms with Gasteiger partial charge >= 0.3 is 0 Å². The van der Waals surface area contributed by atoms with Crippen molar-refractivity contribution in [1.29, 1.82) is 0 Å². The second-order valence-electron chi connectivity index (χ2n) is 3.74. The molecule has 0 heterocycles. The third kappa shape index (κ3) is 8.68. The van der Waals surface area contributed by atoms with Gasteiger partial charge in [0.2, 0.25) is 5.91 Å². The second-order valence-corrected chi connectivity index (χ2v) is 3.74. The van der Waals surface area contributed by atoms with Crippen LogP contribution in [0.2, 0.25) is 0 Å².